The molecular weight excluding hydrogens is 554 g/mol. The smallest absolute Gasteiger partial charge is 0.251 e. The van der Waals surface area contributed by atoms with Crippen LogP contribution < -0.4 is 10.2 Å². The molecule has 5 rings (SSSR count). The number of hydrogen-bond donors (Lipinski definition) is 2. The topological polar surface area (TPSA) is 135 Å². The van der Waals surface area contributed by atoms with E-state index in [0.717, 1.165) is 36.2 Å². The summed E-state index contributed by atoms with van der Waals surface area (Å²) in [6.45, 7) is 7.14. The van der Waals surface area contributed by atoms with Gasteiger partial charge in [-0.2, -0.15) is 0 Å². The van der Waals surface area contributed by atoms with Crippen molar-refractivity contribution in [3.05, 3.63) is 77.6 Å². The maximum absolute atomic E-state index is 13.1. The van der Waals surface area contributed by atoms with E-state index in [1.807, 2.05) is 30.3 Å². The maximum Gasteiger partial charge on any atom is 0.251 e. The van der Waals surface area contributed by atoms with Gasteiger partial charge in [-0.25, -0.2) is 18.4 Å². The number of benzene rings is 1. The van der Waals surface area contributed by atoms with Gasteiger partial charge >= 0.3 is 0 Å². The lowest BCUT2D eigenvalue weighted by molar-refractivity contribution is -0.00545. The normalized spacial score (nSPS) is 18.2. The molecule has 0 saturated carbocycles. The zero-order valence-corrected chi connectivity index (χ0v) is 24.9. The molecule has 1 saturated heterocycles. The number of sulfone groups is 1. The number of amides is 1. The number of aliphatic hydroxyl groups excluding tert-OH is 1. The summed E-state index contributed by atoms with van der Waals surface area (Å²) in [4.78, 5) is 29.8. The summed E-state index contributed by atoms with van der Waals surface area (Å²) < 4.78 is 30.2. The summed E-state index contributed by atoms with van der Waals surface area (Å²) >= 11 is 0. The summed E-state index contributed by atoms with van der Waals surface area (Å²) in [7, 11) is -3.50. The number of carbonyl (C=O) groups excluding carboxylic acids is 1. The Morgan fingerprint density at radius 3 is 2.52 bits per heavy atom. The summed E-state index contributed by atoms with van der Waals surface area (Å²) in [6, 6.07) is 15.5. The molecule has 0 radical (unpaired) electrons. The van der Waals surface area contributed by atoms with Crippen LogP contribution in [0, 0.1) is 6.92 Å². The van der Waals surface area contributed by atoms with Crippen LogP contribution in [0.1, 0.15) is 47.9 Å². The zero-order valence-electron chi connectivity index (χ0n) is 24.1. The fourth-order valence-electron chi connectivity index (χ4n) is 5.28. The van der Waals surface area contributed by atoms with Crippen LogP contribution in [0.15, 0.2) is 65.7 Å². The molecule has 11 heteroatoms. The summed E-state index contributed by atoms with van der Waals surface area (Å²) in [5, 5.41) is 13.5. The average molecular weight is 590 g/mol. The van der Waals surface area contributed by atoms with Gasteiger partial charge in [0.2, 0.25) is 0 Å². The maximum atomic E-state index is 13.1. The van der Waals surface area contributed by atoms with E-state index in [4.69, 9.17) is 14.7 Å². The number of ether oxygens (including phenoxy) is 1. The Kier molecular flexibility index (Phi) is 8.53. The van der Waals surface area contributed by atoms with Crippen LogP contribution in [-0.4, -0.2) is 72.5 Å². The second kappa shape index (κ2) is 12.1. The third-order valence-electron chi connectivity index (χ3n) is 7.27. The third-order valence-corrected chi connectivity index (χ3v) is 8.50. The van der Waals surface area contributed by atoms with Crippen molar-refractivity contribution >= 4 is 32.5 Å². The van der Waals surface area contributed by atoms with Crippen LogP contribution in [0.3, 0.4) is 0 Å². The van der Waals surface area contributed by atoms with Gasteiger partial charge in [0, 0.05) is 43.1 Å². The fraction of sp³-hybridized carbons (Fsp3) is 0.355. The number of pyridine rings is 3. The van der Waals surface area contributed by atoms with E-state index in [1.165, 1.54) is 6.07 Å². The predicted molar refractivity (Wildman–Crippen MR) is 161 cm³/mol. The molecule has 1 unspecified atom stereocenters. The van der Waals surface area contributed by atoms with Crippen LogP contribution >= 0.6 is 0 Å². The highest BCUT2D eigenvalue weighted by Gasteiger charge is 2.24. The first-order valence-corrected chi connectivity index (χ1v) is 15.8. The molecule has 0 aliphatic carbocycles. The molecule has 4 aromatic rings. The fourth-order valence-corrected chi connectivity index (χ4v) is 6.27. The standard InChI is InChI=1S/C31H35N5O5S/c1-19-8-9-22(14-29(19)42(4,39)40)31(38)35-26(12-13-37)28-15-27-23(16-32-28)10-11-25(33-27)24-6-5-7-30(34-24)36-17-20(2)41-21(3)18-36/h5-11,14-16,20-21,26,37H,12-13,17-18H2,1-4H3,(H,35,38)/t20-,21+,26?. The SMILES string of the molecule is Cc1ccc(C(=O)NC(CCO)c2cc3nc(-c4cccc(N5C[C@@H](C)O[C@@H](C)C5)n4)ccc3cn2)cc1S(C)(=O)=O. The number of carbonyl (C=O) groups is 1. The lowest BCUT2D eigenvalue weighted by atomic mass is 10.1. The second-order valence-electron chi connectivity index (χ2n) is 10.8. The van der Waals surface area contributed by atoms with Crippen LogP contribution in [0.4, 0.5) is 5.82 Å². The molecule has 3 atom stereocenters. The number of nitrogens with zero attached hydrogens (tertiary/aromatic N) is 4. The van der Waals surface area contributed by atoms with Crippen molar-refractivity contribution in [2.24, 2.45) is 0 Å². The lowest BCUT2D eigenvalue weighted by Gasteiger charge is -2.36. The molecule has 1 fully saturated rings. The predicted octanol–water partition coefficient (Wildman–Crippen LogP) is 3.87. The zero-order chi connectivity index (χ0) is 30.0. The molecule has 10 nitrogen and oxygen atoms in total. The molecule has 1 amide bonds. The molecule has 1 aliphatic heterocycles. The largest absolute Gasteiger partial charge is 0.396 e. The van der Waals surface area contributed by atoms with Gasteiger partial charge in [0.25, 0.3) is 5.91 Å². The quantitative estimate of drug-likeness (QED) is 0.314. The van der Waals surface area contributed by atoms with Gasteiger partial charge in [-0.3, -0.25) is 9.78 Å². The van der Waals surface area contributed by atoms with Crippen LogP contribution in [0.2, 0.25) is 0 Å². The van der Waals surface area contributed by atoms with Crippen molar-refractivity contribution in [1.82, 2.24) is 20.3 Å². The van der Waals surface area contributed by atoms with E-state index < -0.39 is 21.8 Å². The van der Waals surface area contributed by atoms with Crippen molar-refractivity contribution in [2.45, 2.75) is 50.3 Å². The summed E-state index contributed by atoms with van der Waals surface area (Å²) in [5.74, 6) is 0.405. The van der Waals surface area contributed by atoms with Gasteiger partial charge in [0.05, 0.1) is 45.7 Å². The number of hydrogen-bond acceptors (Lipinski definition) is 9. The van der Waals surface area contributed by atoms with E-state index >= 15 is 0 Å². The van der Waals surface area contributed by atoms with Crippen molar-refractivity contribution in [3.63, 3.8) is 0 Å². The highest BCUT2D eigenvalue weighted by atomic mass is 32.2. The number of rotatable bonds is 8. The number of aromatic nitrogens is 3. The van der Waals surface area contributed by atoms with E-state index in [-0.39, 0.29) is 35.7 Å². The van der Waals surface area contributed by atoms with Crippen molar-refractivity contribution in [1.29, 1.82) is 0 Å². The average Bonchev–Trinajstić information content (AvgIpc) is 2.95. The first-order valence-electron chi connectivity index (χ1n) is 13.9. The number of nitrogens with one attached hydrogen (secondary N) is 1. The molecule has 42 heavy (non-hydrogen) atoms. The summed E-state index contributed by atoms with van der Waals surface area (Å²) in [5.41, 5.74) is 3.41. The molecule has 4 heterocycles. The van der Waals surface area contributed by atoms with Crippen LogP contribution in [0.5, 0.6) is 0 Å². The van der Waals surface area contributed by atoms with Gasteiger partial charge in [-0.05, 0) is 75.2 Å². The van der Waals surface area contributed by atoms with Gasteiger partial charge < -0.3 is 20.1 Å². The number of anilines is 1. The number of aliphatic hydroxyl groups is 1. The van der Waals surface area contributed by atoms with E-state index in [2.05, 4.69) is 29.0 Å². The minimum atomic E-state index is -3.50. The second-order valence-corrected chi connectivity index (χ2v) is 12.8. The van der Waals surface area contributed by atoms with Gasteiger partial charge in [-0.1, -0.05) is 12.1 Å². The first kappa shape index (κ1) is 29.6. The van der Waals surface area contributed by atoms with Gasteiger partial charge in [0.15, 0.2) is 9.84 Å². The monoisotopic (exact) mass is 589 g/mol. The summed E-state index contributed by atoms with van der Waals surface area (Å²) in [6.07, 6.45) is 3.25. The lowest BCUT2D eigenvalue weighted by Crippen LogP contribution is -2.45. The van der Waals surface area contributed by atoms with Crippen molar-refractivity contribution < 1.29 is 23.1 Å². The Morgan fingerprint density at radius 1 is 1.07 bits per heavy atom. The Morgan fingerprint density at radius 2 is 1.81 bits per heavy atom. The Balaban J connectivity index is 1.42. The molecule has 1 aromatic carbocycles. The molecular formula is C31H35N5O5S. The molecule has 1 aliphatic rings. The van der Waals surface area contributed by atoms with Crippen LogP contribution in [-0.2, 0) is 14.6 Å². The van der Waals surface area contributed by atoms with Crippen molar-refractivity contribution in [2.75, 3.05) is 30.9 Å². The number of fused-ring (bicyclic) bond motifs is 1. The van der Waals surface area contributed by atoms with Gasteiger partial charge in [0.1, 0.15) is 5.82 Å². The van der Waals surface area contributed by atoms with Crippen molar-refractivity contribution in [3.8, 4) is 11.4 Å². The minimum Gasteiger partial charge on any atom is -0.396 e. The van der Waals surface area contributed by atoms with E-state index in [1.54, 1.807) is 31.3 Å². The number of morpholine rings is 1. The van der Waals surface area contributed by atoms with E-state index in [9.17, 15) is 18.3 Å². The molecule has 3 aromatic heterocycles. The third kappa shape index (κ3) is 6.59. The Bertz CT molecular complexity index is 1720. The Hall–Kier alpha value is -3.93. The minimum absolute atomic E-state index is 0.102. The highest BCUT2D eigenvalue weighted by Crippen LogP contribution is 2.26. The molecule has 0 spiro atoms. The highest BCUT2D eigenvalue weighted by molar-refractivity contribution is 7.90. The molecule has 0 bridgehead atoms. The molecule has 2 N–H and O–H groups in total. The van der Waals surface area contributed by atoms with Crippen LogP contribution in [0.25, 0.3) is 22.3 Å². The first-order chi connectivity index (χ1) is 20.0. The van der Waals surface area contributed by atoms with E-state index in [0.29, 0.717) is 22.5 Å². The van der Waals surface area contributed by atoms with Gasteiger partial charge in [-0.15, -0.1) is 0 Å². The Labute approximate surface area is 245 Å². The molecule has 220 valence electrons. The number of aryl methyl sites for hydroxylation is 1.